The molecule has 0 saturated heterocycles. The predicted octanol–water partition coefficient (Wildman–Crippen LogP) is 5.28. The van der Waals surface area contributed by atoms with Crippen LogP contribution >= 0.6 is 0 Å². The van der Waals surface area contributed by atoms with Gasteiger partial charge in [-0.1, -0.05) is 54.9 Å². The van der Waals surface area contributed by atoms with Crippen LogP contribution in [0.25, 0.3) is 0 Å². The van der Waals surface area contributed by atoms with E-state index in [4.69, 9.17) is 0 Å². The van der Waals surface area contributed by atoms with Crippen molar-refractivity contribution in [2.75, 3.05) is 0 Å². The van der Waals surface area contributed by atoms with Crippen LogP contribution in [-0.4, -0.2) is 0 Å². The van der Waals surface area contributed by atoms with Gasteiger partial charge in [-0.3, -0.25) is 0 Å². The lowest BCUT2D eigenvalue weighted by molar-refractivity contribution is 0.0483. The summed E-state index contributed by atoms with van der Waals surface area (Å²) in [5.41, 5.74) is 1.24. The summed E-state index contributed by atoms with van der Waals surface area (Å²) in [4.78, 5) is 0. The summed E-state index contributed by atoms with van der Waals surface area (Å²) in [5.74, 6) is 0.909. The molecule has 0 nitrogen and oxygen atoms in total. The van der Waals surface area contributed by atoms with Gasteiger partial charge >= 0.3 is 0 Å². The van der Waals surface area contributed by atoms with Crippen LogP contribution in [-0.2, 0) is 0 Å². The molecule has 1 rings (SSSR count). The zero-order valence-electron chi connectivity index (χ0n) is 11.4. The first-order chi connectivity index (χ1) is 6.40. The lowest BCUT2D eigenvalue weighted by atomic mass is 9.59. The standard InChI is InChI=1S/C12H24.C2H6/c1-6-12(5)8-7-11(3,4)9-10(12)2;1-2/h10H,6-9H2,1-5H3;1-2H3. The largest absolute Gasteiger partial charge is 0.0683 e. The van der Waals surface area contributed by atoms with Crippen LogP contribution in [0.5, 0.6) is 0 Å². The second-order valence-corrected chi connectivity index (χ2v) is 5.78. The molecule has 0 aromatic heterocycles. The molecular formula is C14H30. The van der Waals surface area contributed by atoms with E-state index in [2.05, 4.69) is 34.6 Å². The van der Waals surface area contributed by atoms with E-state index in [1.807, 2.05) is 13.8 Å². The SMILES string of the molecule is CC.CCC1(C)CCC(C)(C)CC1C. The molecule has 0 aromatic rings. The van der Waals surface area contributed by atoms with Gasteiger partial charge in [-0.05, 0) is 36.0 Å². The molecule has 1 fully saturated rings. The van der Waals surface area contributed by atoms with Crippen LogP contribution in [0.2, 0.25) is 0 Å². The lowest BCUT2D eigenvalue weighted by Gasteiger charge is -2.46. The Balaban J connectivity index is 0.000000791. The molecule has 14 heavy (non-hydrogen) atoms. The van der Waals surface area contributed by atoms with Crippen molar-refractivity contribution < 1.29 is 0 Å². The van der Waals surface area contributed by atoms with Gasteiger partial charge < -0.3 is 0 Å². The molecule has 0 amide bonds. The highest BCUT2D eigenvalue weighted by Gasteiger charge is 2.38. The molecule has 86 valence electrons. The van der Waals surface area contributed by atoms with E-state index in [0.717, 1.165) is 5.92 Å². The third-order valence-corrected chi connectivity index (χ3v) is 4.23. The van der Waals surface area contributed by atoms with Crippen molar-refractivity contribution in [3.8, 4) is 0 Å². The van der Waals surface area contributed by atoms with Gasteiger partial charge in [0.2, 0.25) is 0 Å². The Labute approximate surface area is 91.5 Å². The Kier molecular flexibility index (Phi) is 5.19. The van der Waals surface area contributed by atoms with Gasteiger partial charge in [0.15, 0.2) is 0 Å². The fourth-order valence-electron chi connectivity index (χ4n) is 2.57. The highest BCUT2D eigenvalue weighted by molar-refractivity contribution is 4.89. The third kappa shape index (κ3) is 3.29. The Morgan fingerprint density at radius 3 is 1.93 bits per heavy atom. The molecule has 0 heteroatoms. The highest BCUT2D eigenvalue weighted by Crippen LogP contribution is 2.49. The molecule has 0 N–H and O–H groups in total. The molecule has 1 saturated carbocycles. The smallest absolute Gasteiger partial charge is 0.0302 e. The van der Waals surface area contributed by atoms with E-state index in [1.165, 1.54) is 25.7 Å². The molecule has 2 atom stereocenters. The molecule has 0 aromatic carbocycles. The molecular weight excluding hydrogens is 168 g/mol. The summed E-state index contributed by atoms with van der Waals surface area (Å²) in [6.07, 6.45) is 5.61. The lowest BCUT2D eigenvalue weighted by Crippen LogP contribution is -2.35. The zero-order chi connectivity index (χ0) is 11.4. The normalized spacial score (nSPS) is 35.8. The first kappa shape index (κ1) is 14.0. The molecule has 1 aliphatic carbocycles. The maximum absolute atomic E-state index is 2.47. The van der Waals surface area contributed by atoms with Crippen LogP contribution in [0.15, 0.2) is 0 Å². The van der Waals surface area contributed by atoms with Crippen LogP contribution in [0.3, 0.4) is 0 Å². The molecule has 1 aliphatic rings. The quantitative estimate of drug-likeness (QED) is 0.538. The van der Waals surface area contributed by atoms with Crippen molar-refractivity contribution in [3.63, 3.8) is 0 Å². The Morgan fingerprint density at radius 1 is 1.07 bits per heavy atom. The van der Waals surface area contributed by atoms with Gasteiger partial charge in [0.05, 0.1) is 0 Å². The third-order valence-electron chi connectivity index (χ3n) is 4.23. The second-order valence-electron chi connectivity index (χ2n) is 5.78. The van der Waals surface area contributed by atoms with Crippen molar-refractivity contribution in [1.29, 1.82) is 0 Å². The second kappa shape index (κ2) is 5.19. The Morgan fingerprint density at radius 2 is 1.57 bits per heavy atom. The van der Waals surface area contributed by atoms with E-state index < -0.39 is 0 Å². The van der Waals surface area contributed by atoms with Crippen molar-refractivity contribution in [2.24, 2.45) is 16.7 Å². The van der Waals surface area contributed by atoms with Crippen LogP contribution in [0, 0.1) is 16.7 Å². The topological polar surface area (TPSA) is 0 Å². The van der Waals surface area contributed by atoms with Crippen molar-refractivity contribution in [2.45, 2.75) is 74.1 Å². The van der Waals surface area contributed by atoms with E-state index in [9.17, 15) is 0 Å². The molecule has 0 aliphatic heterocycles. The first-order valence-corrected chi connectivity index (χ1v) is 6.40. The van der Waals surface area contributed by atoms with Crippen LogP contribution in [0.4, 0.5) is 0 Å². The number of hydrogen-bond donors (Lipinski definition) is 0. The maximum atomic E-state index is 2.47. The summed E-state index contributed by atoms with van der Waals surface area (Å²) in [7, 11) is 0. The Bertz CT molecular complexity index is 157. The van der Waals surface area contributed by atoms with Gasteiger partial charge in [-0.15, -0.1) is 0 Å². The van der Waals surface area contributed by atoms with Gasteiger partial charge in [0.25, 0.3) is 0 Å². The summed E-state index contributed by atoms with van der Waals surface area (Å²) in [6.45, 7) is 16.1. The van der Waals surface area contributed by atoms with Crippen molar-refractivity contribution >= 4 is 0 Å². The maximum Gasteiger partial charge on any atom is -0.0302 e. The fourth-order valence-corrected chi connectivity index (χ4v) is 2.57. The van der Waals surface area contributed by atoms with Gasteiger partial charge in [-0.25, -0.2) is 0 Å². The highest BCUT2D eigenvalue weighted by atomic mass is 14.4. The van der Waals surface area contributed by atoms with Gasteiger partial charge in [0.1, 0.15) is 0 Å². The van der Waals surface area contributed by atoms with E-state index in [0.29, 0.717) is 10.8 Å². The van der Waals surface area contributed by atoms with Crippen molar-refractivity contribution in [3.05, 3.63) is 0 Å². The molecule has 2 unspecified atom stereocenters. The summed E-state index contributed by atoms with van der Waals surface area (Å²) in [5, 5.41) is 0. The predicted molar refractivity (Wildman–Crippen MR) is 66.5 cm³/mol. The van der Waals surface area contributed by atoms with Crippen molar-refractivity contribution in [1.82, 2.24) is 0 Å². The fraction of sp³-hybridized carbons (Fsp3) is 1.00. The minimum absolute atomic E-state index is 0.605. The summed E-state index contributed by atoms with van der Waals surface area (Å²) >= 11 is 0. The average Bonchev–Trinajstić information content (AvgIpc) is 2.15. The van der Waals surface area contributed by atoms with Crippen LogP contribution < -0.4 is 0 Å². The summed E-state index contributed by atoms with van der Waals surface area (Å²) in [6, 6.07) is 0. The minimum Gasteiger partial charge on any atom is -0.0683 e. The monoisotopic (exact) mass is 198 g/mol. The van der Waals surface area contributed by atoms with E-state index in [-0.39, 0.29) is 0 Å². The minimum atomic E-state index is 0.605. The van der Waals surface area contributed by atoms with E-state index >= 15 is 0 Å². The molecule has 0 spiro atoms. The van der Waals surface area contributed by atoms with Gasteiger partial charge in [0, 0.05) is 0 Å². The zero-order valence-corrected chi connectivity index (χ0v) is 11.4. The van der Waals surface area contributed by atoms with Crippen LogP contribution in [0.1, 0.15) is 74.1 Å². The molecule has 0 bridgehead atoms. The first-order valence-electron chi connectivity index (χ1n) is 6.40. The average molecular weight is 198 g/mol. The van der Waals surface area contributed by atoms with E-state index in [1.54, 1.807) is 0 Å². The number of hydrogen-bond acceptors (Lipinski definition) is 0. The molecule has 0 radical (unpaired) electrons. The summed E-state index contributed by atoms with van der Waals surface area (Å²) < 4.78 is 0. The van der Waals surface area contributed by atoms with Gasteiger partial charge in [-0.2, -0.15) is 0 Å². The molecule has 0 heterocycles. The number of rotatable bonds is 1. The Hall–Kier alpha value is 0.